The van der Waals surface area contributed by atoms with Crippen molar-refractivity contribution in [1.82, 2.24) is 4.90 Å². The Morgan fingerprint density at radius 1 is 1.50 bits per heavy atom. The van der Waals surface area contributed by atoms with E-state index in [0.29, 0.717) is 13.1 Å². The number of nitrogens with zero attached hydrogens (tertiary/aromatic N) is 2. The van der Waals surface area contributed by atoms with Crippen molar-refractivity contribution in [2.75, 3.05) is 13.1 Å². The topological polar surface area (TPSA) is 61.2 Å². The van der Waals surface area contributed by atoms with Crippen molar-refractivity contribution in [3.8, 4) is 6.07 Å². The van der Waals surface area contributed by atoms with Crippen molar-refractivity contribution in [1.29, 1.82) is 5.26 Å². The molecule has 0 spiro atoms. The Hall–Kier alpha value is -1.37. The van der Waals surface area contributed by atoms with Gasteiger partial charge in [0.1, 0.15) is 5.78 Å². The number of hydrogen-bond donors (Lipinski definition) is 0. The number of ketones is 1. The van der Waals surface area contributed by atoms with Gasteiger partial charge in [-0.15, -0.1) is 0 Å². The third kappa shape index (κ3) is 4.61. The molecular formula is C10H16N2O2. The standard InChI is InChI=1S/C10H16N2O2/c1-4-12(7-8(2)6-11)10(14)5-9(3)13/h8H,4-5,7H2,1-3H3. The lowest BCUT2D eigenvalue weighted by atomic mass is 10.2. The molecule has 0 radical (unpaired) electrons. The summed E-state index contributed by atoms with van der Waals surface area (Å²) in [6.07, 6.45) is -0.0635. The maximum absolute atomic E-state index is 11.4. The molecular weight excluding hydrogens is 180 g/mol. The van der Waals surface area contributed by atoms with Crippen LogP contribution >= 0.6 is 0 Å². The summed E-state index contributed by atoms with van der Waals surface area (Å²) in [6.45, 7) is 5.92. The van der Waals surface area contributed by atoms with Crippen LogP contribution in [0.1, 0.15) is 27.2 Å². The molecule has 0 N–H and O–H groups in total. The summed E-state index contributed by atoms with van der Waals surface area (Å²) in [7, 11) is 0. The second-order valence-corrected chi connectivity index (χ2v) is 3.34. The molecule has 0 aliphatic rings. The minimum absolute atomic E-state index is 0.0635. The zero-order valence-electron chi connectivity index (χ0n) is 8.91. The number of carbonyl (C=O) groups excluding carboxylic acids is 2. The molecule has 1 amide bonds. The molecule has 4 nitrogen and oxygen atoms in total. The van der Waals surface area contributed by atoms with Crippen LogP contribution in [0, 0.1) is 17.2 Å². The highest BCUT2D eigenvalue weighted by molar-refractivity contribution is 5.96. The molecule has 0 aliphatic heterocycles. The fourth-order valence-corrected chi connectivity index (χ4v) is 1.10. The lowest BCUT2D eigenvalue weighted by Gasteiger charge is -2.21. The van der Waals surface area contributed by atoms with Crippen molar-refractivity contribution in [2.45, 2.75) is 27.2 Å². The van der Waals surface area contributed by atoms with Gasteiger partial charge in [0.2, 0.25) is 5.91 Å². The minimum Gasteiger partial charge on any atom is -0.341 e. The fourth-order valence-electron chi connectivity index (χ4n) is 1.10. The van der Waals surface area contributed by atoms with E-state index in [1.807, 2.05) is 6.92 Å². The Kier molecular flexibility index (Phi) is 5.54. The summed E-state index contributed by atoms with van der Waals surface area (Å²) in [5.74, 6) is -0.522. The zero-order chi connectivity index (χ0) is 11.1. The van der Waals surface area contributed by atoms with Crippen molar-refractivity contribution in [3.63, 3.8) is 0 Å². The smallest absolute Gasteiger partial charge is 0.230 e. The Labute approximate surface area is 84.5 Å². The maximum Gasteiger partial charge on any atom is 0.230 e. The van der Waals surface area contributed by atoms with Crippen LogP contribution in [0.5, 0.6) is 0 Å². The number of rotatable bonds is 5. The number of amides is 1. The molecule has 0 bridgehead atoms. The van der Waals surface area contributed by atoms with E-state index in [1.54, 1.807) is 6.92 Å². The van der Waals surface area contributed by atoms with E-state index in [2.05, 4.69) is 6.07 Å². The van der Waals surface area contributed by atoms with Gasteiger partial charge in [-0.05, 0) is 20.8 Å². The van der Waals surface area contributed by atoms with E-state index in [1.165, 1.54) is 11.8 Å². The Bertz CT molecular complexity index is 255. The number of Topliss-reactive ketones (excluding diaryl/α,β-unsaturated/α-hetero) is 1. The molecule has 0 aromatic carbocycles. The first kappa shape index (κ1) is 12.6. The quantitative estimate of drug-likeness (QED) is 0.615. The van der Waals surface area contributed by atoms with E-state index in [4.69, 9.17) is 5.26 Å². The average Bonchev–Trinajstić information content (AvgIpc) is 2.12. The third-order valence-electron chi connectivity index (χ3n) is 1.85. The summed E-state index contributed by atoms with van der Waals surface area (Å²) in [5.41, 5.74) is 0. The van der Waals surface area contributed by atoms with Gasteiger partial charge in [0, 0.05) is 13.1 Å². The molecule has 0 aromatic heterocycles. The predicted octanol–water partition coefficient (Wildman–Crippen LogP) is 0.974. The second kappa shape index (κ2) is 6.14. The molecule has 0 saturated heterocycles. The Morgan fingerprint density at radius 3 is 2.43 bits per heavy atom. The van der Waals surface area contributed by atoms with Gasteiger partial charge in [0.05, 0.1) is 18.4 Å². The molecule has 0 heterocycles. The lowest BCUT2D eigenvalue weighted by molar-refractivity contribution is -0.134. The molecule has 4 heteroatoms. The minimum atomic E-state index is -0.192. The van der Waals surface area contributed by atoms with E-state index in [0.717, 1.165) is 0 Å². The Morgan fingerprint density at radius 2 is 2.07 bits per heavy atom. The van der Waals surface area contributed by atoms with Gasteiger partial charge in [-0.2, -0.15) is 5.26 Å². The van der Waals surface area contributed by atoms with Crippen molar-refractivity contribution in [2.24, 2.45) is 5.92 Å². The molecule has 0 fully saturated rings. The first-order valence-electron chi connectivity index (χ1n) is 4.68. The molecule has 78 valence electrons. The average molecular weight is 196 g/mol. The van der Waals surface area contributed by atoms with Gasteiger partial charge in [0.15, 0.2) is 0 Å². The van der Waals surface area contributed by atoms with Gasteiger partial charge < -0.3 is 4.90 Å². The summed E-state index contributed by atoms with van der Waals surface area (Å²) < 4.78 is 0. The van der Waals surface area contributed by atoms with Crippen LogP contribution in [0.4, 0.5) is 0 Å². The van der Waals surface area contributed by atoms with Crippen LogP contribution in [-0.4, -0.2) is 29.7 Å². The van der Waals surface area contributed by atoms with Crippen molar-refractivity contribution >= 4 is 11.7 Å². The van der Waals surface area contributed by atoms with E-state index >= 15 is 0 Å². The molecule has 0 saturated carbocycles. The lowest BCUT2D eigenvalue weighted by Crippen LogP contribution is -2.35. The van der Waals surface area contributed by atoms with Gasteiger partial charge in [-0.1, -0.05) is 0 Å². The van der Waals surface area contributed by atoms with E-state index < -0.39 is 0 Å². The van der Waals surface area contributed by atoms with Crippen molar-refractivity contribution in [3.05, 3.63) is 0 Å². The third-order valence-corrected chi connectivity index (χ3v) is 1.85. The zero-order valence-corrected chi connectivity index (χ0v) is 8.91. The van der Waals surface area contributed by atoms with Gasteiger partial charge in [0.25, 0.3) is 0 Å². The first-order chi connectivity index (χ1) is 6.51. The van der Waals surface area contributed by atoms with E-state index in [-0.39, 0.29) is 24.0 Å². The van der Waals surface area contributed by atoms with Gasteiger partial charge >= 0.3 is 0 Å². The Balaban J connectivity index is 4.20. The molecule has 0 aromatic rings. The number of hydrogen-bond acceptors (Lipinski definition) is 3. The van der Waals surface area contributed by atoms with Crippen LogP contribution in [0.15, 0.2) is 0 Å². The van der Waals surface area contributed by atoms with Crippen LogP contribution in [0.3, 0.4) is 0 Å². The van der Waals surface area contributed by atoms with Crippen LogP contribution in [-0.2, 0) is 9.59 Å². The van der Waals surface area contributed by atoms with Gasteiger partial charge in [-0.25, -0.2) is 0 Å². The highest BCUT2D eigenvalue weighted by Gasteiger charge is 2.15. The molecule has 0 aliphatic carbocycles. The number of nitriles is 1. The molecule has 0 rings (SSSR count). The highest BCUT2D eigenvalue weighted by atomic mass is 16.2. The van der Waals surface area contributed by atoms with Crippen molar-refractivity contribution < 1.29 is 9.59 Å². The summed E-state index contributed by atoms with van der Waals surface area (Å²) in [5, 5.41) is 8.59. The number of carbonyl (C=O) groups is 2. The summed E-state index contributed by atoms with van der Waals surface area (Å²) in [6, 6.07) is 2.06. The predicted molar refractivity (Wildman–Crippen MR) is 52.3 cm³/mol. The van der Waals surface area contributed by atoms with Crippen LogP contribution in [0.2, 0.25) is 0 Å². The van der Waals surface area contributed by atoms with Crippen LogP contribution in [0.25, 0.3) is 0 Å². The molecule has 14 heavy (non-hydrogen) atoms. The highest BCUT2D eigenvalue weighted by Crippen LogP contribution is 2.01. The van der Waals surface area contributed by atoms with E-state index in [9.17, 15) is 9.59 Å². The second-order valence-electron chi connectivity index (χ2n) is 3.34. The summed E-state index contributed by atoms with van der Waals surface area (Å²) >= 11 is 0. The monoisotopic (exact) mass is 196 g/mol. The molecule has 1 unspecified atom stereocenters. The summed E-state index contributed by atoms with van der Waals surface area (Å²) in [4.78, 5) is 23.7. The normalized spacial score (nSPS) is 11.6. The van der Waals surface area contributed by atoms with Crippen LogP contribution < -0.4 is 0 Å². The largest absolute Gasteiger partial charge is 0.341 e. The SMILES string of the molecule is CCN(CC(C)C#N)C(=O)CC(C)=O. The fraction of sp³-hybridized carbons (Fsp3) is 0.700. The first-order valence-corrected chi connectivity index (χ1v) is 4.68. The van der Waals surface area contributed by atoms with Gasteiger partial charge in [-0.3, -0.25) is 9.59 Å². The molecule has 1 atom stereocenters. The maximum atomic E-state index is 11.4.